The van der Waals surface area contributed by atoms with Crippen LogP contribution in [-0.2, 0) is 16.0 Å². The summed E-state index contributed by atoms with van der Waals surface area (Å²) in [7, 11) is 1.51. The van der Waals surface area contributed by atoms with E-state index in [0.717, 1.165) is 50.5 Å². The highest BCUT2D eigenvalue weighted by atomic mass is 16.6. The number of rotatable bonds is 11. The van der Waals surface area contributed by atoms with Crippen molar-refractivity contribution in [2.24, 2.45) is 5.92 Å². The molecule has 0 saturated heterocycles. The molecule has 0 bridgehead atoms. The van der Waals surface area contributed by atoms with Gasteiger partial charge < -0.3 is 24.8 Å². The van der Waals surface area contributed by atoms with Crippen LogP contribution in [0.1, 0.15) is 70.3 Å². The molecule has 1 aromatic carbocycles. The molecule has 0 amide bonds. The number of unbranched alkanes of at least 4 members (excludes halogenated alkanes) is 3. The molecule has 0 unspecified atom stereocenters. The van der Waals surface area contributed by atoms with Crippen LogP contribution < -0.4 is 4.74 Å². The average Bonchev–Trinajstić information content (AvgIpc) is 2.68. The molecule has 164 valence electrons. The number of carbonyl (C=O) groups is 1. The van der Waals surface area contributed by atoms with E-state index in [1.165, 1.54) is 14.0 Å². The number of phenols is 1. The molecular formula is C23H36O6. The topological polar surface area (TPSA) is 96.2 Å². The lowest BCUT2D eigenvalue weighted by Gasteiger charge is -2.42. The van der Waals surface area contributed by atoms with E-state index in [1.54, 1.807) is 12.1 Å². The van der Waals surface area contributed by atoms with E-state index in [0.29, 0.717) is 25.0 Å². The largest absolute Gasteiger partial charge is 0.504 e. The molecule has 29 heavy (non-hydrogen) atoms. The number of aliphatic hydroxyl groups is 2. The quantitative estimate of drug-likeness (QED) is 0.381. The number of aliphatic hydroxyl groups excluding tert-OH is 2. The van der Waals surface area contributed by atoms with Gasteiger partial charge in [0, 0.05) is 20.0 Å². The van der Waals surface area contributed by atoms with E-state index in [9.17, 15) is 15.0 Å². The number of hydrogen-bond donors (Lipinski definition) is 3. The van der Waals surface area contributed by atoms with Crippen LogP contribution in [0.2, 0.25) is 0 Å². The van der Waals surface area contributed by atoms with E-state index >= 15 is 0 Å². The molecule has 3 atom stereocenters. The van der Waals surface area contributed by atoms with E-state index in [2.05, 4.69) is 0 Å². The zero-order chi connectivity index (χ0) is 21.3. The maximum absolute atomic E-state index is 11.8. The Bertz CT molecular complexity index is 646. The zero-order valence-corrected chi connectivity index (χ0v) is 17.7. The van der Waals surface area contributed by atoms with Gasteiger partial charge in [0.25, 0.3) is 0 Å². The van der Waals surface area contributed by atoms with Crippen LogP contribution in [0, 0.1) is 5.92 Å². The molecule has 1 saturated carbocycles. The molecule has 1 aliphatic rings. The second-order valence-electron chi connectivity index (χ2n) is 8.28. The summed E-state index contributed by atoms with van der Waals surface area (Å²) >= 11 is 0. The van der Waals surface area contributed by atoms with Gasteiger partial charge in [-0.3, -0.25) is 4.79 Å². The van der Waals surface area contributed by atoms with Crippen molar-refractivity contribution in [1.29, 1.82) is 0 Å². The van der Waals surface area contributed by atoms with Crippen molar-refractivity contribution in [1.82, 2.24) is 0 Å². The number of phenolic OH excluding ortho intramolecular Hbond substituents is 1. The molecule has 3 N–H and O–H groups in total. The fourth-order valence-corrected chi connectivity index (χ4v) is 4.42. The van der Waals surface area contributed by atoms with Crippen LogP contribution in [0.5, 0.6) is 11.5 Å². The minimum absolute atomic E-state index is 0.0980. The third kappa shape index (κ3) is 7.19. The van der Waals surface area contributed by atoms with Crippen molar-refractivity contribution < 1.29 is 29.6 Å². The Morgan fingerprint density at radius 2 is 2.00 bits per heavy atom. The van der Waals surface area contributed by atoms with Gasteiger partial charge in [-0.15, -0.1) is 0 Å². The molecule has 6 nitrogen and oxygen atoms in total. The van der Waals surface area contributed by atoms with Crippen LogP contribution in [0.4, 0.5) is 0 Å². The Morgan fingerprint density at radius 3 is 2.66 bits per heavy atom. The maximum atomic E-state index is 11.8. The normalized spacial score (nSPS) is 24.3. The van der Waals surface area contributed by atoms with Gasteiger partial charge in [-0.2, -0.15) is 0 Å². The molecule has 1 aromatic rings. The van der Waals surface area contributed by atoms with Crippen LogP contribution in [-0.4, -0.2) is 46.7 Å². The summed E-state index contributed by atoms with van der Waals surface area (Å²) in [6.45, 7) is 1.66. The van der Waals surface area contributed by atoms with Gasteiger partial charge in [-0.1, -0.05) is 25.3 Å². The Balaban J connectivity index is 1.95. The first-order chi connectivity index (χ1) is 13.9. The summed E-state index contributed by atoms with van der Waals surface area (Å²) in [5, 5.41) is 29.4. The number of ether oxygens (including phenoxy) is 2. The third-order valence-electron chi connectivity index (χ3n) is 6.05. The second kappa shape index (κ2) is 11.4. The predicted octanol–water partition coefficient (Wildman–Crippen LogP) is 3.74. The highest BCUT2D eigenvalue weighted by molar-refractivity contribution is 5.66. The molecule has 1 fully saturated rings. The first-order valence-corrected chi connectivity index (χ1v) is 10.7. The molecule has 0 aliphatic heterocycles. The number of benzene rings is 1. The predicted molar refractivity (Wildman–Crippen MR) is 111 cm³/mol. The highest BCUT2D eigenvalue weighted by Crippen LogP contribution is 2.40. The number of methoxy groups -OCH3 is 1. The van der Waals surface area contributed by atoms with E-state index < -0.39 is 11.7 Å². The van der Waals surface area contributed by atoms with E-state index in [1.807, 2.05) is 6.07 Å². The van der Waals surface area contributed by atoms with Crippen molar-refractivity contribution in [3.63, 3.8) is 0 Å². The minimum Gasteiger partial charge on any atom is -0.504 e. The Morgan fingerprint density at radius 1 is 1.24 bits per heavy atom. The average molecular weight is 409 g/mol. The molecule has 0 heterocycles. The highest BCUT2D eigenvalue weighted by Gasteiger charge is 2.42. The maximum Gasteiger partial charge on any atom is 0.303 e. The van der Waals surface area contributed by atoms with Crippen LogP contribution in [0.3, 0.4) is 0 Å². The molecule has 0 spiro atoms. The first-order valence-electron chi connectivity index (χ1n) is 10.7. The summed E-state index contributed by atoms with van der Waals surface area (Å²) in [6.07, 6.45) is 7.82. The zero-order valence-electron chi connectivity index (χ0n) is 17.7. The smallest absolute Gasteiger partial charge is 0.303 e. The Kier molecular flexibility index (Phi) is 9.24. The standard InChI is InChI=1S/C23H36O6/c1-17(25)29-23(12-10-18-8-9-20(26)22(15-18)28-2)13-11-19(21(27)16-23)7-5-3-4-6-14-24/h8-9,15,19,21,24,26-27H,3-7,10-14,16H2,1-2H3/t19-,21+,23+/m0/s1. The van der Waals surface area contributed by atoms with Crippen molar-refractivity contribution in [3.05, 3.63) is 23.8 Å². The summed E-state index contributed by atoms with van der Waals surface area (Å²) in [4.78, 5) is 11.8. The molecule has 1 aliphatic carbocycles. The molecule has 0 radical (unpaired) electrons. The van der Waals surface area contributed by atoms with Crippen molar-refractivity contribution in [3.8, 4) is 11.5 Å². The molecule has 2 rings (SSSR count). The molecular weight excluding hydrogens is 372 g/mol. The van der Waals surface area contributed by atoms with Gasteiger partial charge in [0.05, 0.1) is 13.2 Å². The van der Waals surface area contributed by atoms with E-state index in [4.69, 9.17) is 14.6 Å². The van der Waals surface area contributed by atoms with E-state index in [-0.39, 0.29) is 24.2 Å². The van der Waals surface area contributed by atoms with Gasteiger partial charge in [-0.05, 0) is 62.1 Å². The number of carbonyl (C=O) groups excluding carboxylic acids is 1. The summed E-state index contributed by atoms with van der Waals surface area (Å²) in [5.41, 5.74) is 0.343. The summed E-state index contributed by atoms with van der Waals surface area (Å²) < 4.78 is 10.9. The third-order valence-corrected chi connectivity index (χ3v) is 6.05. The molecule has 6 heteroatoms. The summed E-state index contributed by atoms with van der Waals surface area (Å²) in [5.74, 6) is 0.444. The first kappa shape index (κ1) is 23.5. The summed E-state index contributed by atoms with van der Waals surface area (Å²) in [6, 6.07) is 5.24. The van der Waals surface area contributed by atoms with Gasteiger partial charge >= 0.3 is 5.97 Å². The van der Waals surface area contributed by atoms with Crippen LogP contribution in [0.25, 0.3) is 0 Å². The monoisotopic (exact) mass is 408 g/mol. The van der Waals surface area contributed by atoms with Crippen molar-refractivity contribution >= 4 is 5.97 Å². The lowest BCUT2D eigenvalue weighted by atomic mass is 9.72. The second-order valence-corrected chi connectivity index (χ2v) is 8.28. The number of aryl methyl sites for hydroxylation is 1. The van der Waals surface area contributed by atoms with Gasteiger partial charge in [0.2, 0.25) is 0 Å². The van der Waals surface area contributed by atoms with Gasteiger partial charge in [0.15, 0.2) is 11.5 Å². The van der Waals surface area contributed by atoms with Crippen LogP contribution in [0.15, 0.2) is 18.2 Å². The lowest BCUT2D eigenvalue weighted by molar-refractivity contribution is -0.168. The number of esters is 1. The number of hydrogen-bond acceptors (Lipinski definition) is 6. The Labute approximate surface area is 173 Å². The fourth-order valence-electron chi connectivity index (χ4n) is 4.42. The van der Waals surface area contributed by atoms with Gasteiger partial charge in [0.1, 0.15) is 5.60 Å². The minimum atomic E-state index is -0.649. The SMILES string of the molecule is COc1cc(CC[C@@]2(OC(C)=O)CC[C@H](CCCCCCO)[C@H](O)C2)ccc1O. The van der Waals surface area contributed by atoms with Gasteiger partial charge in [-0.25, -0.2) is 0 Å². The number of aromatic hydroxyl groups is 1. The fraction of sp³-hybridized carbons (Fsp3) is 0.696. The van der Waals surface area contributed by atoms with Crippen LogP contribution >= 0.6 is 0 Å². The van der Waals surface area contributed by atoms with Crippen molar-refractivity contribution in [2.75, 3.05) is 13.7 Å². The van der Waals surface area contributed by atoms with Crippen molar-refractivity contribution in [2.45, 2.75) is 82.8 Å². The lowest BCUT2D eigenvalue weighted by Crippen LogP contribution is -2.45. The molecule has 0 aromatic heterocycles. The Hall–Kier alpha value is -1.79.